The first-order valence-corrected chi connectivity index (χ1v) is 10.2. The summed E-state index contributed by atoms with van der Waals surface area (Å²) in [6.45, 7) is 11.0. The lowest BCUT2D eigenvalue weighted by atomic mass is 9.69. The Balaban J connectivity index is 1.96. The van der Waals surface area contributed by atoms with Crippen molar-refractivity contribution >= 4 is 6.21 Å². The zero-order valence-electron chi connectivity index (χ0n) is 17.3. The molecule has 2 atom stereocenters. The van der Waals surface area contributed by atoms with Crippen LogP contribution < -0.4 is 4.74 Å². The molecule has 0 aliphatic carbocycles. The Morgan fingerprint density at radius 2 is 1.92 bits per heavy atom. The van der Waals surface area contributed by atoms with Gasteiger partial charge in [0.1, 0.15) is 5.75 Å². The highest BCUT2D eigenvalue weighted by molar-refractivity contribution is 5.79. The molecule has 146 valence electrons. The molecule has 26 heavy (non-hydrogen) atoms. The topological polar surface area (TPSA) is 30.8 Å². The molecule has 0 N–H and O–H groups in total. The van der Waals surface area contributed by atoms with Crippen molar-refractivity contribution in [3.8, 4) is 5.75 Å². The van der Waals surface area contributed by atoms with E-state index in [9.17, 15) is 0 Å². The monoisotopic (exact) mass is 359 g/mol. The molecule has 1 fully saturated rings. The molecule has 0 unspecified atom stereocenters. The van der Waals surface area contributed by atoms with Gasteiger partial charge in [-0.3, -0.25) is 4.99 Å². The van der Waals surface area contributed by atoms with Crippen LogP contribution >= 0.6 is 0 Å². The van der Waals surface area contributed by atoms with Crippen molar-refractivity contribution in [2.24, 2.45) is 22.2 Å². The Hall–Kier alpha value is -1.35. The van der Waals surface area contributed by atoms with Gasteiger partial charge in [0.2, 0.25) is 0 Å². The zero-order valence-corrected chi connectivity index (χ0v) is 17.3. The largest absolute Gasteiger partial charge is 0.497 e. The predicted octanol–water partition coefficient (Wildman–Crippen LogP) is 5.76. The van der Waals surface area contributed by atoms with E-state index >= 15 is 0 Å². The number of rotatable bonds is 9. The molecule has 1 aromatic rings. The fourth-order valence-electron chi connectivity index (χ4n) is 3.78. The first-order valence-electron chi connectivity index (χ1n) is 10.2. The summed E-state index contributed by atoms with van der Waals surface area (Å²) in [4.78, 5) is 4.73. The minimum absolute atomic E-state index is 0.398. The second-order valence-corrected chi connectivity index (χ2v) is 8.60. The van der Waals surface area contributed by atoms with E-state index in [1.165, 1.54) is 32.1 Å². The zero-order chi connectivity index (χ0) is 19.0. The summed E-state index contributed by atoms with van der Waals surface area (Å²) < 4.78 is 11.3. The van der Waals surface area contributed by atoms with E-state index in [0.29, 0.717) is 17.4 Å². The Bertz CT molecular complexity index is 550. The van der Waals surface area contributed by atoms with Crippen LogP contribution in [-0.4, -0.2) is 32.6 Å². The van der Waals surface area contributed by atoms with Crippen LogP contribution in [0.25, 0.3) is 0 Å². The highest BCUT2D eigenvalue weighted by atomic mass is 16.5. The number of benzene rings is 1. The van der Waals surface area contributed by atoms with Crippen LogP contribution in [-0.2, 0) is 4.74 Å². The van der Waals surface area contributed by atoms with Crippen molar-refractivity contribution in [2.75, 3.05) is 20.3 Å². The normalized spacial score (nSPS) is 23.9. The molecule has 1 aromatic carbocycles. The second kappa shape index (κ2) is 10.1. The lowest BCUT2D eigenvalue weighted by Crippen LogP contribution is -2.38. The summed E-state index contributed by atoms with van der Waals surface area (Å²) in [6, 6.07) is 8.08. The third-order valence-corrected chi connectivity index (χ3v) is 5.72. The van der Waals surface area contributed by atoms with Crippen molar-refractivity contribution in [3.05, 3.63) is 29.8 Å². The summed E-state index contributed by atoms with van der Waals surface area (Å²) in [5.41, 5.74) is 1.53. The van der Waals surface area contributed by atoms with Gasteiger partial charge >= 0.3 is 0 Å². The SMILES string of the molecule is COc1ccc(C=NCC[C@@]2(CCC(C)C)CCO[C@H](C(C)C)C2)cc1. The standard InChI is InChI=1S/C23H37NO2/c1-18(2)10-11-23(13-15-26-22(16-23)19(3)4)12-14-24-17-20-6-8-21(25-5)9-7-20/h6-9,17-19,22H,10-16H2,1-5H3/t22-,23-/m0/s1. The van der Waals surface area contributed by atoms with Gasteiger partial charge in [-0.2, -0.15) is 0 Å². The van der Waals surface area contributed by atoms with Crippen molar-refractivity contribution in [1.29, 1.82) is 0 Å². The molecule has 3 nitrogen and oxygen atoms in total. The summed E-state index contributed by atoms with van der Waals surface area (Å²) in [6.07, 6.45) is 8.54. The van der Waals surface area contributed by atoms with Gasteiger partial charge in [0.05, 0.1) is 13.2 Å². The van der Waals surface area contributed by atoms with E-state index in [1.54, 1.807) is 7.11 Å². The fraction of sp³-hybridized carbons (Fsp3) is 0.696. The van der Waals surface area contributed by atoms with Gasteiger partial charge in [0, 0.05) is 19.4 Å². The average Bonchev–Trinajstić information content (AvgIpc) is 2.64. The third kappa shape index (κ3) is 6.42. The number of aliphatic imine (C=N–C) groups is 1. The minimum Gasteiger partial charge on any atom is -0.497 e. The molecule has 1 saturated heterocycles. The average molecular weight is 360 g/mol. The number of ether oxygens (including phenoxy) is 2. The van der Waals surface area contributed by atoms with E-state index in [2.05, 4.69) is 39.8 Å². The van der Waals surface area contributed by atoms with Crippen LogP contribution in [0, 0.1) is 17.3 Å². The highest BCUT2D eigenvalue weighted by Crippen LogP contribution is 2.43. The van der Waals surface area contributed by atoms with Crippen LogP contribution in [0.3, 0.4) is 0 Å². The lowest BCUT2D eigenvalue weighted by Gasteiger charge is -2.43. The molecule has 0 spiro atoms. The van der Waals surface area contributed by atoms with Gasteiger partial charge in [0.15, 0.2) is 0 Å². The smallest absolute Gasteiger partial charge is 0.118 e. The Morgan fingerprint density at radius 3 is 2.54 bits per heavy atom. The maximum absolute atomic E-state index is 6.05. The molecule has 2 rings (SSSR count). The molecular weight excluding hydrogens is 322 g/mol. The van der Waals surface area contributed by atoms with E-state index in [4.69, 9.17) is 14.5 Å². The van der Waals surface area contributed by atoms with Crippen molar-refractivity contribution in [2.45, 2.75) is 65.9 Å². The molecule has 1 heterocycles. The van der Waals surface area contributed by atoms with Gasteiger partial charge in [-0.25, -0.2) is 0 Å². The summed E-state index contributed by atoms with van der Waals surface area (Å²) in [5, 5.41) is 0. The van der Waals surface area contributed by atoms with Crippen LogP contribution in [0.2, 0.25) is 0 Å². The van der Waals surface area contributed by atoms with Gasteiger partial charge < -0.3 is 9.47 Å². The molecule has 0 bridgehead atoms. The molecule has 3 heteroatoms. The van der Waals surface area contributed by atoms with Crippen molar-refractivity contribution < 1.29 is 9.47 Å². The van der Waals surface area contributed by atoms with E-state index in [1.807, 2.05) is 18.3 Å². The van der Waals surface area contributed by atoms with Crippen molar-refractivity contribution in [3.63, 3.8) is 0 Å². The van der Waals surface area contributed by atoms with Crippen LogP contribution in [0.15, 0.2) is 29.3 Å². The minimum atomic E-state index is 0.398. The van der Waals surface area contributed by atoms with E-state index < -0.39 is 0 Å². The molecule has 0 amide bonds. The summed E-state index contributed by atoms with van der Waals surface area (Å²) in [5.74, 6) is 2.24. The van der Waals surface area contributed by atoms with Gasteiger partial charge in [0.25, 0.3) is 0 Å². The van der Waals surface area contributed by atoms with Crippen LogP contribution in [0.5, 0.6) is 5.75 Å². The Kier molecular flexibility index (Phi) is 8.15. The Morgan fingerprint density at radius 1 is 1.19 bits per heavy atom. The van der Waals surface area contributed by atoms with Crippen LogP contribution in [0.1, 0.15) is 65.4 Å². The lowest BCUT2D eigenvalue weighted by molar-refractivity contribution is -0.0755. The summed E-state index contributed by atoms with van der Waals surface area (Å²) in [7, 11) is 1.69. The number of hydrogen-bond donors (Lipinski definition) is 0. The van der Waals surface area contributed by atoms with E-state index in [0.717, 1.165) is 30.4 Å². The first-order chi connectivity index (χ1) is 12.4. The maximum Gasteiger partial charge on any atom is 0.118 e. The van der Waals surface area contributed by atoms with Gasteiger partial charge in [-0.15, -0.1) is 0 Å². The fourth-order valence-corrected chi connectivity index (χ4v) is 3.78. The molecule has 1 aliphatic heterocycles. The van der Waals surface area contributed by atoms with Gasteiger partial charge in [-0.1, -0.05) is 34.1 Å². The summed E-state index contributed by atoms with van der Waals surface area (Å²) >= 11 is 0. The number of methoxy groups -OCH3 is 1. The van der Waals surface area contributed by atoms with Crippen LogP contribution in [0.4, 0.5) is 0 Å². The highest BCUT2D eigenvalue weighted by Gasteiger charge is 2.37. The number of nitrogens with zero attached hydrogens (tertiary/aromatic N) is 1. The van der Waals surface area contributed by atoms with Crippen molar-refractivity contribution in [1.82, 2.24) is 0 Å². The Labute approximate surface area is 160 Å². The second-order valence-electron chi connectivity index (χ2n) is 8.60. The number of hydrogen-bond acceptors (Lipinski definition) is 3. The predicted molar refractivity (Wildman–Crippen MR) is 110 cm³/mol. The molecule has 0 aromatic heterocycles. The molecular formula is C23H37NO2. The van der Waals surface area contributed by atoms with Gasteiger partial charge in [-0.05, 0) is 72.8 Å². The first kappa shape index (κ1) is 21.0. The quantitative estimate of drug-likeness (QED) is 0.525. The third-order valence-electron chi connectivity index (χ3n) is 5.72. The maximum atomic E-state index is 6.05. The molecule has 0 saturated carbocycles. The molecule has 1 aliphatic rings. The molecule has 0 radical (unpaired) electrons. The van der Waals surface area contributed by atoms with E-state index in [-0.39, 0.29) is 0 Å².